The summed E-state index contributed by atoms with van der Waals surface area (Å²) in [5, 5.41) is 0.469. The number of hydrogen-bond donors (Lipinski definition) is 0. The van der Waals surface area contributed by atoms with Crippen molar-refractivity contribution in [2.75, 3.05) is 26.2 Å². The maximum Gasteiger partial charge on any atom is 0.255 e. The molecule has 1 saturated heterocycles. The van der Waals surface area contributed by atoms with Gasteiger partial charge in [-0.05, 0) is 17.7 Å². The highest BCUT2D eigenvalue weighted by molar-refractivity contribution is 8.00. The Morgan fingerprint density at radius 2 is 1.60 bits per heavy atom. The first-order valence-corrected chi connectivity index (χ1v) is 9.82. The number of rotatable bonds is 5. The van der Waals surface area contributed by atoms with E-state index < -0.39 is 0 Å². The van der Waals surface area contributed by atoms with Crippen molar-refractivity contribution in [3.8, 4) is 0 Å². The molecule has 4 heteroatoms. The van der Waals surface area contributed by atoms with E-state index in [4.69, 9.17) is 0 Å². The van der Waals surface area contributed by atoms with Crippen LogP contribution in [-0.4, -0.2) is 47.1 Å². The summed E-state index contributed by atoms with van der Waals surface area (Å²) in [4.78, 5) is 18.5. The zero-order chi connectivity index (χ0) is 17.6. The summed E-state index contributed by atoms with van der Waals surface area (Å²) in [6, 6.07) is 18.5. The van der Waals surface area contributed by atoms with Crippen LogP contribution in [0.3, 0.4) is 0 Å². The standard InChI is InChI=1S/C21H26N2OS/c1-17(2)25-20-11-7-6-10-19(20)21(24)23-14-12-22(13-15-23)16-18-8-4-3-5-9-18/h3-11,17H,12-16H2,1-2H3. The Hall–Kier alpha value is -1.78. The molecule has 0 bridgehead atoms. The maximum absolute atomic E-state index is 13.0. The summed E-state index contributed by atoms with van der Waals surface area (Å²) >= 11 is 1.76. The van der Waals surface area contributed by atoms with Crippen molar-refractivity contribution < 1.29 is 4.79 Å². The van der Waals surface area contributed by atoms with Crippen LogP contribution in [0.5, 0.6) is 0 Å². The molecule has 0 N–H and O–H groups in total. The van der Waals surface area contributed by atoms with Crippen molar-refractivity contribution in [1.82, 2.24) is 9.80 Å². The van der Waals surface area contributed by atoms with Crippen LogP contribution < -0.4 is 0 Å². The third kappa shape index (κ3) is 4.86. The van der Waals surface area contributed by atoms with E-state index in [0.717, 1.165) is 43.2 Å². The lowest BCUT2D eigenvalue weighted by Gasteiger charge is -2.35. The lowest BCUT2D eigenvalue weighted by atomic mass is 10.1. The van der Waals surface area contributed by atoms with E-state index in [1.165, 1.54) is 5.56 Å². The average Bonchev–Trinajstić information content (AvgIpc) is 2.63. The summed E-state index contributed by atoms with van der Waals surface area (Å²) in [6.45, 7) is 8.74. The van der Waals surface area contributed by atoms with E-state index in [9.17, 15) is 4.79 Å². The van der Waals surface area contributed by atoms with Crippen molar-refractivity contribution >= 4 is 17.7 Å². The highest BCUT2D eigenvalue weighted by atomic mass is 32.2. The van der Waals surface area contributed by atoms with Crippen LogP contribution in [0.2, 0.25) is 0 Å². The Morgan fingerprint density at radius 1 is 0.960 bits per heavy atom. The van der Waals surface area contributed by atoms with Crippen LogP contribution in [0.4, 0.5) is 0 Å². The summed E-state index contributed by atoms with van der Waals surface area (Å²) in [6.07, 6.45) is 0. The van der Waals surface area contributed by atoms with Gasteiger partial charge < -0.3 is 4.90 Å². The van der Waals surface area contributed by atoms with Gasteiger partial charge in [0.05, 0.1) is 5.56 Å². The van der Waals surface area contributed by atoms with Crippen molar-refractivity contribution in [3.05, 3.63) is 65.7 Å². The topological polar surface area (TPSA) is 23.6 Å². The third-order valence-electron chi connectivity index (χ3n) is 4.39. The van der Waals surface area contributed by atoms with Gasteiger partial charge in [-0.25, -0.2) is 0 Å². The molecule has 0 unspecified atom stereocenters. The van der Waals surface area contributed by atoms with E-state index >= 15 is 0 Å². The van der Waals surface area contributed by atoms with Gasteiger partial charge in [0.15, 0.2) is 0 Å². The highest BCUT2D eigenvalue weighted by Crippen LogP contribution is 2.27. The molecule has 0 radical (unpaired) electrons. The smallest absolute Gasteiger partial charge is 0.255 e. The molecule has 0 atom stereocenters. The summed E-state index contributed by atoms with van der Waals surface area (Å²) in [5.74, 6) is 0.170. The molecule has 0 aromatic heterocycles. The van der Waals surface area contributed by atoms with Gasteiger partial charge in [0, 0.05) is 42.9 Å². The van der Waals surface area contributed by atoms with E-state index in [0.29, 0.717) is 5.25 Å². The van der Waals surface area contributed by atoms with Gasteiger partial charge in [-0.15, -0.1) is 11.8 Å². The molecular weight excluding hydrogens is 328 g/mol. The molecule has 1 heterocycles. The number of amides is 1. The SMILES string of the molecule is CC(C)Sc1ccccc1C(=O)N1CCN(Cc2ccccc2)CC1. The molecule has 0 saturated carbocycles. The summed E-state index contributed by atoms with van der Waals surface area (Å²) in [7, 11) is 0. The highest BCUT2D eigenvalue weighted by Gasteiger charge is 2.24. The Labute approximate surface area is 155 Å². The van der Waals surface area contributed by atoms with Gasteiger partial charge in [0.1, 0.15) is 0 Å². The maximum atomic E-state index is 13.0. The molecule has 1 aliphatic rings. The largest absolute Gasteiger partial charge is 0.336 e. The Bertz CT molecular complexity index is 694. The van der Waals surface area contributed by atoms with Crippen LogP contribution in [-0.2, 0) is 6.54 Å². The Balaban J connectivity index is 1.60. The average molecular weight is 355 g/mol. The van der Waals surface area contributed by atoms with Crippen LogP contribution in [0, 0.1) is 0 Å². The zero-order valence-electron chi connectivity index (χ0n) is 15.0. The minimum atomic E-state index is 0.170. The normalized spacial score (nSPS) is 15.6. The fraction of sp³-hybridized carbons (Fsp3) is 0.381. The fourth-order valence-electron chi connectivity index (χ4n) is 3.12. The van der Waals surface area contributed by atoms with Crippen molar-refractivity contribution in [2.45, 2.75) is 30.5 Å². The Kier molecular flexibility index (Phi) is 6.16. The number of nitrogens with zero attached hydrogens (tertiary/aromatic N) is 2. The summed E-state index contributed by atoms with van der Waals surface area (Å²) < 4.78 is 0. The second-order valence-electron chi connectivity index (χ2n) is 6.72. The third-order valence-corrected chi connectivity index (χ3v) is 5.47. The molecule has 2 aromatic carbocycles. The van der Waals surface area contributed by atoms with E-state index in [1.807, 2.05) is 29.2 Å². The van der Waals surface area contributed by atoms with Gasteiger partial charge in [-0.1, -0.05) is 56.3 Å². The quantitative estimate of drug-likeness (QED) is 0.754. The van der Waals surface area contributed by atoms with Crippen LogP contribution >= 0.6 is 11.8 Å². The Morgan fingerprint density at radius 3 is 2.28 bits per heavy atom. The molecule has 1 amide bonds. The first-order chi connectivity index (χ1) is 12.1. The number of piperazine rings is 1. The molecular formula is C21H26N2OS. The van der Waals surface area contributed by atoms with E-state index in [2.05, 4.69) is 49.1 Å². The first kappa shape index (κ1) is 18.0. The second-order valence-corrected chi connectivity index (χ2v) is 8.34. The molecule has 3 rings (SSSR count). The minimum Gasteiger partial charge on any atom is -0.336 e. The van der Waals surface area contributed by atoms with Crippen molar-refractivity contribution in [1.29, 1.82) is 0 Å². The molecule has 0 spiro atoms. The van der Waals surface area contributed by atoms with Crippen LogP contribution in [0.25, 0.3) is 0 Å². The zero-order valence-corrected chi connectivity index (χ0v) is 15.8. The van der Waals surface area contributed by atoms with E-state index in [-0.39, 0.29) is 5.91 Å². The molecule has 25 heavy (non-hydrogen) atoms. The number of carbonyl (C=O) groups is 1. The molecule has 2 aromatic rings. The predicted molar refractivity (Wildman–Crippen MR) is 105 cm³/mol. The van der Waals surface area contributed by atoms with Gasteiger partial charge in [0.2, 0.25) is 0 Å². The molecule has 1 fully saturated rings. The van der Waals surface area contributed by atoms with Gasteiger partial charge >= 0.3 is 0 Å². The van der Waals surface area contributed by atoms with Crippen molar-refractivity contribution in [2.24, 2.45) is 0 Å². The van der Waals surface area contributed by atoms with Crippen LogP contribution in [0.15, 0.2) is 59.5 Å². The lowest BCUT2D eigenvalue weighted by molar-refractivity contribution is 0.0625. The number of benzene rings is 2. The van der Waals surface area contributed by atoms with Crippen molar-refractivity contribution in [3.63, 3.8) is 0 Å². The number of hydrogen-bond acceptors (Lipinski definition) is 3. The summed E-state index contributed by atoms with van der Waals surface area (Å²) in [5.41, 5.74) is 2.18. The molecule has 132 valence electrons. The van der Waals surface area contributed by atoms with Gasteiger partial charge in [-0.2, -0.15) is 0 Å². The fourth-order valence-corrected chi connectivity index (χ4v) is 4.07. The number of carbonyl (C=O) groups excluding carboxylic acids is 1. The second kappa shape index (κ2) is 8.54. The first-order valence-electron chi connectivity index (χ1n) is 8.94. The molecule has 3 nitrogen and oxygen atoms in total. The predicted octanol–water partition coefficient (Wildman–Crippen LogP) is 4.15. The number of thioether (sulfide) groups is 1. The molecule has 1 aliphatic heterocycles. The lowest BCUT2D eigenvalue weighted by Crippen LogP contribution is -2.48. The minimum absolute atomic E-state index is 0.170. The van der Waals surface area contributed by atoms with Gasteiger partial charge in [0.25, 0.3) is 5.91 Å². The van der Waals surface area contributed by atoms with E-state index in [1.54, 1.807) is 11.8 Å². The molecule has 0 aliphatic carbocycles. The monoisotopic (exact) mass is 354 g/mol. The van der Waals surface area contributed by atoms with Crippen LogP contribution in [0.1, 0.15) is 29.8 Å². The van der Waals surface area contributed by atoms with Gasteiger partial charge in [-0.3, -0.25) is 9.69 Å².